The lowest BCUT2D eigenvalue weighted by Crippen LogP contribution is -2.29. The Bertz CT molecular complexity index is 1520. The topological polar surface area (TPSA) is 115 Å². The van der Waals surface area contributed by atoms with E-state index in [1.165, 1.54) is 12.0 Å². The number of hydrogen-bond donors (Lipinski definition) is 1. The van der Waals surface area contributed by atoms with Crippen LogP contribution in [0.3, 0.4) is 0 Å². The normalized spacial score (nSPS) is 19.5. The number of methoxy groups -OCH3 is 1. The molecule has 2 unspecified atom stereocenters. The molecule has 1 fully saturated rings. The van der Waals surface area contributed by atoms with Crippen molar-refractivity contribution in [1.82, 2.24) is 4.98 Å². The number of nitrogens with zero attached hydrogens (tertiary/aromatic N) is 2. The van der Waals surface area contributed by atoms with Crippen molar-refractivity contribution in [3.63, 3.8) is 0 Å². The van der Waals surface area contributed by atoms with E-state index in [9.17, 15) is 19.5 Å². The molecule has 1 N–H and O–H groups in total. The van der Waals surface area contributed by atoms with E-state index in [2.05, 4.69) is 11.6 Å². The number of anilines is 1. The van der Waals surface area contributed by atoms with Crippen LogP contribution in [-0.4, -0.2) is 47.6 Å². The molecule has 0 spiro atoms. The minimum atomic E-state index is -1.00. The molecule has 3 heterocycles. The van der Waals surface area contributed by atoms with E-state index in [4.69, 9.17) is 14.2 Å². The molecular weight excluding hydrogens is 520 g/mol. The van der Waals surface area contributed by atoms with Crippen molar-refractivity contribution in [2.75, 3.05) is 18.6 Å². The zero-order valence-electron chi connectivity index (χ0n) is 21.6. The average molecular weight is 547 g/mol. The minimum Gasteiger partial charge on any atom is -0.507 e. The summed E-state index contributed by atoms with van der Waals surface area (Å²) in [6.07, 6.45) is 2.28. The number of carbonyl (C=O) groups is 3. The highest BCUT2D eigenvalue weighted by atomic mass is 32.1. The fraction of sp³-hybridized carbons (Fsp3) is 0.241. The summed E-state index contributed by atoms with van der Waals surface area (Å²) in [4.78, 5) is 45.0. The van der Waals surface area contributed by atoms with Gasteiger partial charge in [0.05, 0.1) is 24.4 Å². The summed E-state index contributed by atoms with van der Waals surface area (Å²) in [7, 11) is 1.26. The largest absolute Gasteiger partial charge is 0.507 e. The van der Waals surface area contributed by atoms with E-state index in [1.807, 2.05) is 6.92 Å². The van der Waals surface area contributed by atoms with Gasteiger partial charge in [-0.05, 0) is 55.3 Å². The Morgan fingerprint density at radius 2 is 2.00 bits per heavy atom. The Morgan fingerprint density at radius 3 is 2.69 bits per heavy atom. The van der Waals surface area contributed by atoms with Crippen molar-refractivity contribution in [3.05, 3.63) is 88.0 Å². The van der Waals surface area contributed by atoms with Crippen molar-refractivity contribution >= 4 is 39.9 Å². The zero-order chi connectivity index (χ0) is 27.8. The number of thiazole rings is 1. The first kappa shape index (κ1) is 26.2. The van der Waals surface area contributed by atoms with Gasteiger partial charge in [0.25, 0.3) is 5.78 Å². The van der Waals surface area contributed by atoms with E-state index < -0.39 is 23.7 Å². The maximum Gasteiger partial charge on any atom is 0.350 e. The molecule has 39 heavy (non-hydrogen) atoms. The second-order valence-electron chi connectivity index (χ2n) is 9.20. The monoisotopic (exact) mass is 546 g/mol. The van der Waals surface area contributed by atoms with Crippen LogP contribution < -0.4 is 14.4 Å². The molecule has 0 radical (unpaired) electrons. The quantitative estimate of drug-likeness (QED) is 0.148. The van der Waals surface area contributed by atoms with E-state index >= 15 is 0 Å². The third-order valence-electron chi connectivity index (χ3n) is 6.54. The van der Waals surface area contributed by atoms with Gasteiger partial charge in [0, 0.05) is 12.0 Å². The van der Waals surface area contributed by atoms with Crippen molar-refractivity contribution in [2.24, 2.45) is 0 Å². The van der Waals surface area contributed by atoms with Crippen LogP contribution in [0.2, 0.25) is 0 Å². The molecular formula is C29H26N2O7S. The van der Waals surface area contributed by atoms with Gasteiger partial charge in [-0.1, -0.05) is 36.1 Å². The predicted octanol–water partition coefficient (Wildman–Crippen LogP) is 4.75. The number of fused-ring (bicyclic) bond motifs is 1. The second kappa shape index (κ2) is 10.4. The Labute approximate surface area is 229 Å². The number of carbonyl (C=O) groups excluding carboxylic acids is 3. The van der Waals surface area contributed by atoms with E-state index in [0.717, 1.165) is 22.6 Å². The van der Waals surface area contributed by atoms with E-state index in [1.54, 1.807) is 55.5 Å². The average Bonchev–Trinajstić information content (AvgIpc) is 3.58. The summed E-state index contributed by atoms with van der Waals surface area (Å²) < 4.78 is 16.2. The number of Topliss-reactive ketones (excluding diaryl/α,β-unsaturated/α-hetero) is 1. The number of ether oxygens (including phenoxy) is 3. The second-order valence-corrected chi connectivity index (χ2v) is 10.2. The van der Waals surface area contributed by atoms with Crippen LogP contribution in [0.1, 0.15) is 45.0 Å². The minimum absolute atomic E-state index is 0.00180. The molecule has 3 aromatic rings. The van der Waals surface area contributed by atoms with Crippen LogP contribution in [0.15, 0.2) is 60.7 Å². The highest BCUT2D eigenvalue weighted by Gasteiger charge is 2.48. The Hall–Kier alpha value is -4.44. The van der Waals surface area contributed by atoms with Crippen LogP contribution in [0, 0.1) is 6.92 Å². The summed E-state index contributed by atoms with van der Waals surface area (Å²) in [6, 6.07) is 11.0. The molecule has 1 amide bonds. The van der Waals surface area contributed by atoms with Crippen molar-refractivity contribution in [1.29, 1.82) is 0 Å². The number of hydrogen-bond acceptors (Lipinski definition) is 9. The molecule has 0 aliphatic carbocycles. The molecule has 10 heteroatoms. The summed E-state index contributed by atoms with van der Waals surface area (Å²) in [5.74, 6) is -1.33. The fourth-order valence-corrected chi connectivity index (χ4v) is 5.75. The first-order valence-electron chi connectivity index (χ1n) is 12.2. The first-order chi connectivity index (χ1) is 18.7. The lowest BCUT2D eigenvalue weighted by molar-refractivity contribution is -0.132. The van der Waals surface area contributed by atoms with Gasteiger partial charge in [-0.25, -0.2) is 9.78 Å². The first-order valence-corrected chi connectivity index (χ1v) is 13.1. The zero-order valence-corrected chi connectivity index (χ0v) is 22.4. The molecule has 2 atom stereocenters. The smallest absolute Gasteiger partial charge is 0.350 e. The predicted molar refractivity (Wildman–Crippen MR) is 145 cm³/mol. The van der Waals surface area contributed by atoms with Crippen molar-refractivity contribution < 1.29 is 33.7 Å². The van der Waals surface area contributed by atoms with Gasteiger partial charge in [-0.15, -0.1) is 0 Å². The summed E-state index contributed by atoms with van der Waals surface area (Å²) in [5, 5.41) is 11.6. The summed E-state index contributed by atoms with van der Waals surface area (Å²) >= 11 is 0.945. The van der Waals surface area contributed by atoms with Crippen LogP contribution >= 0.6 is 11.3 Å². The summed E-state index contributed by atoms with van der Waals surface area (Å²) in [6.45, 7) is 7.53. The highest BCUT2D eigenvalue weighted by molar-refractivity contribution is 7.17. The summed E-state index contributed by atoms with van der Waals surface area (Å²) in [5.41, 5.74) is 2.13. The third kappa shape index (κ3) is 4.67. The van der Waals surface area contributed by atoms with Crippen LogP contribution in [-0.2, 0) is 20.7 Å². The molecule has 5 rings (SSSR count). The number of aryl methyl sites for hydroxylation is 1. The van der Waals surface area contributed by atoms with Gasteiger partial charge in [-0.2, -0.15) is 0 Å². The Morgan fingerprint density at radius 1 is 1.26 bits per heavy atom. The maximum atomic E-state index is 13.5. The molecule has 0 saturated carbocycles. The SMILES string of the molecule is C=CCOc1ccc(C2C(=C(O)c3ccc4c(c3)CC(C)O4)C(=O)C(=O)N2c2nc(C)c(C(=O)OC)s2)cc1. The van der Waals surface area contributed by atoms with Gasteiger partial charge in [0.15, 0.2) is 5.13 Å². The number of benzene rings is 2. The number of ketones is 1. The molecule has 2 aliphatic rings. The van der Waals surface area contributed by atoms with Gasteiger partial charge < -0.3 is 19.3 Å². The fourth-order valence-electron chi connectivity index (χ4n) is 4.74. The Balaban J connectivity index is 1.65. The number of amides is 1. The van der Waals surface area contributed by atoms with Gasteiger partial charge in [0.2, 0.25) is 0 Å². The maximum absolute atomic E-state index is 13.5. The molecule has 1 saturated heterocycles. The molecule has 0 bridgehead atoms. The third-order valence-corrected chi connectivity index (χ3v) is 7.68. The van der Waals surface area contributed by atoms with Crippen LogP contribution in [0.25, 0.3) is 5.76 Å². The van der Waals surface area contributed by atoms with Gasteiger partial charge in [-0.3, -0.25) is 14.5 Å². The standard InChI is InChI=1S/C29H26N2O7S/c1-5-12-37-20-9-6-17(7-10-20)23-22(24(32)18-8-11-21-19(14-18)13-15(2)38-21)25(33)27(34)31(23)29-30-16(3)26(39-29)28(35)36-4/h5-11,14-15,23,32H,1,12-13H2,2-4H3. The molecule has 200 valence electrons. The van der Waals surface area contributed by atoms with E-state index in [0.29, 0.717) is 35.6 Å². The van der Waals surface area contributed by atoms with Crippen molar-refractivity contribution in [2.45, 2.75) is 32.4 Å². The number of aromatic nitrogens is 1. The lowest BCUT2D eigenvalue weighted by Gasteiger charge is -2.23. The highest BCUT2D eigenvalue weighted by Crippen LogP contribution is 2.44. The van der Waals surface area contributed by atoms with Gasteiger partial charge in [0.1, 0.15) is 34.8 Å². The van der Waals surface area contributed by atoms with E-state index in [-0.39, 0.29) is 27.4 Å². The Kier molecular flexibility index (Phi) is 6.96. The van der Waals surface area contributed by atoms with Gasteiger partial charge >= 0.3 is 11.9 Å². The number of esters is 1. The van der Waals surface area contributed by atoms with Crippen LogP contribution in [0.4, 0.5) is 5.13 Å². The lowest BCUT2D eigenvalue weighted by atomic mass is 9.94. The number of aliphatic hydroxyl groups is 1. The van der Waals surface area contributed by atoms with Crippen LogP contribution in [0.5, 0.6) is 11.5 Å². The molecule has 2 aliphatic heterocycles. The number of aliphatic hydroxyl groups excluding tert-OH is 1. The molecule has 9 nitrogen and oxygen atoms in total. The van der Waals surface area contributed by atoms with Crippen molar-refractivity contribution in [3.8, 4) is 11.5 Å². The molecule has 2 aromatic carbocycles. The number of rotatable bonds is 7. The molecule has 1 aromatic heterocycles.